The zero-order chi connectivity index (χ0) is 46.8. The SMILES string of the molecule is COc1cc2c(cc1OCCCOc1cc3c(cc1OC)C(=O)N1C=C(c4ccc(N)cc4)C[C@H]1C(=O)N3COCC[Si](C)(C)C)N(COCC[Si](C)(C)C)C(=O)[C@@H]1CC(C)=CN1C2=O. The molecule has 4 heterocycles. The lowest BCUT2D eigenvalue weighted by atomic mass is 10.0. The molecule has 0 spiro atoms. The number of nitrogens with zero attached hydrogens (tertiary/aromatic N) is 4. The molecule has 2 atom stereocenters. The van der Waals surface area contributed by atoms with Crippen molar-refractivity contribution in [3.63, 3.8) is 0 Å². The lowest BCUT2D eigenvalue weighted by molar-refractivity contribution is -0.123. The first-order valence-corrected chi connectivity index (χ1v) is 29.7. The highest BCUT2D eigenvalue weighted by atomic mass is 28.3. The second-order valence-corrected chi connectivity index (χ2v) is 30.7. The molecule has 4 aliphatic rings. The molecule has 348 valence electrons. The number of carbonyl (C=O) groups excluding carboxylic acids is 4. The van der Waals surface area contributed by atoms with Crippen LogP contribution >= 0.6 is 0 Å². The van der Waals surface area contributed by atoms with Crippen molar-refractivity contribution in [3.8, 4) is 23.0 Å². The van der Waals surface area contributed by atoms with Gasteiger partial charge in [0, 0.05) is 72.4 Å². The van der Waals surface area contributed by atoms with Gasteiger partial charge >= 0.3 is 0 Å². The summed E-state index contributed by atoms with van der Waals surface area (Å²) in [5, 5.41) is 0. The molecule has 4 amide bonds. The largest absolute Gasteiger partial charge is 0.493 e. The minimum Gasteiger partial charge on any atom is -0.493 e. The van der Waals surface area contributed by atoms with Crippen molar-refractivity contribution >= 4 is 62.4 Å². The van der Waals surface area contributed by atoms with Crippen LogP contribution in [-0.2, 0) is 19.1 Å². The molecule has 7 rings (SSSR count). The Labute approximate surface area is 384 Å². The molecular weight excluding hydrogens is 863 g/mol. The van der Waals surface area contributed by atoms with Crippen molar-refractivity contribution in [3.05, 3.63) is 83.2 Å². The highest BCUT2D eigenvalue weighted by molar-refractivity contribution is 6.76. The molecule has 0 saturated heterocycles. The van der Waals surface area contributed by atoms with Gasteiger partial charge in [0.15, 0.2) is 23.0 Å². The fourth-order valence-corrected chi connectivity index (χ4v) is 9.68. The molecule has 17 heteroatoms. The van der Waals surface area contributed by atoms with Gasteiger partial charge in [0.25, 0.3) is 23.6 Å². The Morgan fingerprint density at radius 2 is 1.08 bits per heavy atom. The maximum absolute atomic E-state index is 14.5. The fraction of sp³-hybridized carbons (Fsp3) is 0.458. The molecule has 0 radical (unpaired) electrons. The highest BCUT2D eigenvalue weighted by Crippen LogP contribution is 2.43. The van der Waals surface area contributed by atoms with Gasteiger partial charge in [-0.1, -0.05) is 57.0 Å². The maximum atomic E-state index is 14.5. The van der Waals surface area contributed by atoms with Crippen molar-refractivity contribution in [1.29, 1.82) is 0 Å². The number of hydrogen-bond donors (Lipinski definition) is 1. The van der Waals surface area contributed by atoms with E-state index in [0.29, 0.717) is 78.1 Å². The number of carbonyl (C=O) groups is 4. The van der Waals surface area contributed by atoms with Gasteiger partial charge in [-0.3, -0.25) is 29.0 Å². The van der Waals surface area contributed by atoms with Crippen LogP contribution in [0.25, 0.3) is 5.57 Å². The summed E-state index contributed by atoms with van der Waals surface area (Å²) in [7, 11) is 0.181. The molecule has 0 unspecified atom stereocenters. The Morgan fingerprint density at radius 1 is 0.615 bits per heavy atom. The number of benzene rings is 3. The summed E-state index contributed by atoms with van der Waals surface area (Å²) in [4.78, 5) is 63.0. The third kappa shape index (κ3) is 10.6. The van der Waals surface area contributed by atoms with Crippen LogP contribution < -0.4 is 34.5 Å². The number of ether oxygens (including phenoxy) is 6. The molecule has 2 N–H and O–H groups in total. The van der Waals surface area contributed by atoms with Crippen LogP contribution in [0.1, 0.15) is 52.5 Å². The van der Waals surface area contributed by atoms with Crippen LogP contribution in [0, 0.1) is 0 Å². The minimum absolute atomic E-state index is 0.00550. The number of amides is 4. The molecule has 4 aliphatic heterocycles. The zero-order valence-electron chi connectivity index (χ0n) is 39.2. The molecule has 3 aromatic rings. The molecule has 0 aliphatic carbocycles. The Hall–Kier alpha value is -5.63. The first-order valence-electron chi connectivity index (χ1n) is 22.2. The third-order valence-corrected chi connectivity index (χ3v) is 15.4. The summed E-state index contributed by atoms with van der Waals surface area (Å²) < 4.78 is 36.3. The molecule has 0 fully saturated rings. The number of methoxy groups -OCH3 is 2. The molecule has 0 bridgehead atoms. The Balaban J connectivity index is 1.10. The predicted molar refractivity (Wildman–Crippen MR) is 256 cm³/mol. The number of anilines is 3. The first kappa shape index (κ1) is 47.3. The standard InChI is InChI=1S/C48H63N5O10Si2/c1-31-21-39-47(56)52(29-60-17-19-64(4,5)6)37-25-43(41(58-2)23-35(37)45(54)50(39)27-31)62-15-10-16-63-44-26-38-36(24-42(44)59-3)46(55)51-28-33(32-11-13-34(49)14-12-32)22-40(51)48(57)53(38)30-61-18-20-65(7,8)9/h11-14,23-28,39-40H,10,15-22,29-30,49H2,1-9H3/t39-,40-/m0/s1. The van der Waals surface area contributed by atoms with Crippen molar-refractivity contribution in [2.24, 2.45) is 0 Å². The van der Waals surface area contributed by atoms with E-state index in [1.807, 2.05) is 19.1 Å². The quantitative estimate of drug-likeness (QED) is 0.0709. The van der Waals surface area contributed by atoms with Crippen LogP contribution in [0.4, 0.5) is 17.1 Å². The average Bonchev–Trinajstić information content (AvgIpc) is 3.86. The lowest BCUT2D eigenvalue weighted by Crippen LogP contribution is -2.45. The Bertz CT molecular complexity index is 2370. The second-order valence-electron chi connectivity index (χ2n) is 19.4. The third-order valence-electron chi connectivity index (χ3n) is 12.0. The summed E-state index contributed by atoms with van der Waals surface area (Å²) in [5.41, 5.74) is 10.6. The van der Waals surface area contributed by atoms with E-state index >= 15 is 0 Å². The van der Waals surface area contributed by atoms with Crippen molar-refractivity contribution in [2.75, 3.05) is 69.6 Å². The van der Waals surface area contributed by atoms with Gasteiger partial charge in [0.1, 0.15) is 25.5 Å². The predicted octanol–water partition coefficient (Wildman–Crippen LogP) is 7.83. The van der Waals surface area contributed by atoms with Gasteiger partial charge in [0.2, 0.25) is 0 Å². The molecule has 15 nitrogen and oxygen atoms in total. The minimum atomic E-state index is -1.43. The van der Waals surface area contributed by atoms with Gasteiger partial charge in [-0.2, -0.15) is 0 Å². The number of nitrogen functional groups attached to an aromatic ring is 1. The molecular formula is C48H63N5O10Si2. The Morgan fingerprint density at radius 3 is 1.54 bits per heavy atom. The summed E-state index contributed by atoms with van der Waals surface area (Å²) >= 11 is 0. The van der Waals surface area contributed by atoms with E-state index in [2.05, 4.69) is 39.3 Å². The van der Waals surface area contributed by atoms with Crippen LogP contribution in [0.15, 0.2) is 66.5 Å². The fourth-order valence-electron chi connectivity index (χ4n) is 8.17. The summed E-state index contributed by atoms with van der Waals surface area (Å²) in [6.45, 7) is 16.8. The first-order chi connectivity index (χ1) is 30.9. The van der Waals surface area contributed by atoms with Crippen molar-refractivity contribution in [1.82, 2.24) is 9.80 Å². The lowest BCUT2D eigenvalue weighted by Gasteiger charge is -2.27. The smallest absolute Gasteiger partial charge is 0.260 e. The monoisotopic (exact) mass is 925 g/mol. The van der Waals surface area contributed by atoms with Crippen molar-refractivity contribution < 1.29 is 47.6 Å². The van der Waals surface area contributed by atoms with Gasteiger partial charge in [-0.05, 0) is 60.8 Å². The number of nitrogens with two attached hydrogens (primary N) is 1. The van der Waals surface area contributed by atoms with Gasteiger partial charge in [0.05, 0.1) is 49.9 Å². The van der Waals surface area contributed by atoms with E-state index < -0.39 is 28.2 Å². The summed E-state index contributed by atoms with van der Waals surface area (Å²) in [5.74, 6) is 0.231. The van der Waals surface area contributed by atoms with E-state index in [1.54, 1.807) is 58.6 Å². The number of fused-ring (bicyclic) bond motifs is 4. The van der Waals surface area contributed by atoms with Crippen LogP contribution in [0.3, 0.4) is 0 Å². The van der Waals surface area contributed by atoms with E-state index in [4.69, 9.17) is 34.2 Å². The van der Waals surface area contributed by atoms with Crippen molar-refractivity contribution in [2.45, 2.75) is 89.6 Å². The van der Waals surface area contributed by atoms with E-state index in [9.17, 15) is 19.2 Å². The highest BCUT2D eigenvalue weighted by Gasteiger charge is 2.44. The van der Waals surface area contributed by atoms with E-state index in [-0.39, 0.29) is 55.9 Å². The van der Waals surface area contributed by atoms with Crippen LogP contribution in [0.2, 0.25) is 51.4 Å². The zero-order valence-corrected chi connectivity index (χ0v) is 41.2. The Kier molecular flexibility index (Phi) is 14.2. The van der Waals surface area contributed by atoms with Crippen LogP contribution in [0.5, 0.6) is 23.0 Å². The van der Waals surface area contributed by atoms with E-state index in [1.165, 1.54) is 24.0 Å². The van der Waals surface area contributed by atoms with Gasteiger partial charge < -0.3 is 44.0 Å². The summed E-state index contributed by atoms with van der Waals surface area (Å²) in [6.07, 6.45) is 4.67. The van der Waals surface area contributed by atoms with Gasteiger partial charge in [-0.15, -0.1) is 0 Å². The average molecular weight is 926 g/mol. The summed E-state index contributed by atoms with van der Waals surface area (Å²) in [6, 6.07) is 14.4. The van der Waals surface area contributed by atoms with Gasteiger partial charge in [-0.25, -0.2) is 0 Å². The normalized spacial score (nSPS) is 18.4. The topological polar surface area (TPSA) is 163 Å². The molecule has 0 aromatic heterocycles. The molecule has 3 aromatic carbocycles. The van der Waals surface area contributed by atoms with Crippen LogP contribution in [-0.4, -0.2) is 116 Å². The molecule has 0 saturated carbocycles. The maximum Gasteiger partial charge on any atom is 0.260 e. The molecule has 65 heavy (non-hydrogen) atoms. The number of hydrogen-bond acceptors (Lipinski definition) is 11. The second kappa shape index (κ2) is 19.5. The van der Waals surface area contributed by atoms with E-state index in [0.717, 1.165) is 28.8 Å². The number of rotatable bonds is 19.